The van der Waals surface area contributed by atoms with Gasteiger partial charge >= 0.3 is 0 Å². The van der Waals surface area contributed by atoms with Crippen LogP contribution in [0.15, 0.2) is 66.7 Å². The number of hydrogen-bond donors (Lipinski definition) is 0. The lowest BCUT2D eigenvalue weighted by Gasteiger charge is -2.08. The van der Waals surface area contributed by atoms with Crippen molar-refractivity contribution in [2.24, 2.45) is 0 Å². The molecule has 3 aromatic rings. The molecule has 0 bridgehead atoms. The summed E-state index contributed by atoms with van der Waals surface area (Å²) >= 11 is 0. The molecule has 3 rings (SSSR count). The van der Waals surface area contributed by atoms with E-state index < -0.39 is 0 Å². The molecule has 0 aliphatic carbocycles. The second-order valence-corrected chi connectivity index (χ2v) is 5.29. The van der Waals surface area contributed by atoms with Crippen LogP contribution in [0, 0.1) is 0 Å². The van der Waals surface area contributed by atoms with Crippen molar-refractivity contribution < 1.29 is 4.74 Å². The van der Waals surface area contributed by atoms with E-state index in [4.69, 9.17) is 4.74 Å². The predicted octanol–water partition coefficient (Wildman–Crippen LogP) is 5.69. The molecule has 0 saturated heterocycles. The van der Waals surface area contributed by atoms with Crippen LogP contribution < -0.4 is 4.74 Å². The largest absolute Gasteiger partial charge is 0.494 e. The second-order valence-electron chi connectivity index (χ2n) is 5.29. The first-order chi connectivity index (χ1) is 10.4. The minimum atomic E-state index is 0.796. The molecule has 0 aliphatic rings. The van der Waals surface area contributed by atoms with Crippen molar-refractivity contribution in [2.75, 3.05) is 6.61 Å². The Kier molecular flexibility index (Phi) is 4.20. The molecule has 0 unspecified atom stereocenters. The van der Waals surface area contributed by atoms with Gasteiger partial charge in [-0.3, -0.25) is 0 Å². The van der Waals surface area contributed by atoms with Crippen molar-refractivity contribution in [3.63, 3.8) is 0 Å². The number of ether oxygens (including phenoxy) is 1. The van der Waals surface area contributed by atoms with E-state index >= 15 is 0 Å². The Morgan fingerprint density at radius 3 is 2.33 bits per heavy atom. The minimum Gasteiger partial charge on any atom is -0.494 e. The van der Waals surface area contributed by atoms with Gasteiger partial charge in [0.2, 0.25) is 0 Å². The Morgan fingerprint density at radius 1 is 0.762 bits per heavy atom. The van der Waals surface area contributed by atoms with Crippen LogP contribution in [0.25, 0.3) is 21.9 Å². The third-order valence-electron chi connectivity index (χ3n) is 3.69. The van der Waals surface area contributed by atoms with Gasteiger partial charge in [0.05, 0.1) is 6.61 Å². The van der Waals surface area contributed by atoms with Crippen molar-refractivity contribution in [3.8, 4) is 16.9 Å². The third kappa shape index (κ3) is 3.25. The second kappa shape index (κ2) is 6.45. The monoisotopic (exact) mass is 276 g/mol. The van der Waals surface area contributed by atoms with E-state index in [1.54, 1.807) is 0 Å². The van der Waals surface area contributed by atoms with Gasteiger partial charge < -0.3 is 4.74 Å². The molecule has 0 atom stereocenters. The first kappa shape index (κ1) is 13.7. The van der Waals surface area contributed by atoms with Crippen LogP contribution in [-0.4, -0.2) is 6.61 Å². The normalized spacial score (nSPS) is 10.7. The summed E-state index contributed by atoms with van der Waals surface area (Å²) in [5, 5.41) is 2.47. The van der Waals surface area contributed by atoms with E-state index in [0.717, 1.165) is 25.2 Å². The summed E-state index contributed by atoms with van der Waals surface area (Å²) in [5.41, 5.74) is 2.51. The molecule has 0 heterocycles. The van der Waals surface area contributed by atoms with E-state index in [-0.39, 0.29) is 0 Å². The van der Waals surface area contributed by atoms with E-state index in [0.29, 0.717) is 0 Å². The molecule has 1 heteroatoms. The summed E-state index contributed by atoms with van der Waals surface area (Å²) in [7, 11) is 0. The van der Waals surface area contributed by atoms with E-state index in [9.17, 15) is 0 Å². The fourth-order valence-electron chi connectivity index (χ4n) is 2.46. The number of fused-ring (bicyclic) bond motifs is 1. The van der Waals surface area contributed by atoms with Crippen molar-refractivity contribution in [1.82, 2.24) is 0 Å². The quantitative estimate of drug-likeness (QED) is 0.544. The topological polar surface area (TPSA) is 9.23 Å². The van der Waals surface area contributed by atoms with Gasteiger partial charge in [-0.25, -0.2) is 0 Å². The van der Waals surface area contributed by atoms with Crippen molar-refractivity contribution in [3.05, 3.63) is 66.7 Å². The lowest BCUT2D eigenvalue weighted by molar-refractivity contribution is 0.310. The lowest BCUT2D eigenvalue weighted by Crippen LogP contribution is -1.95. The number of unbranched alkanes of at least 4 members (excludes halogenated alkanes) is 1. The van der Waals surface area contributed by atoms with Crippen LogP contribution in [0.2, 0.25) is 0 Å². The van der Waals surface area contributed by atoms with Crippen LogP contribution in [0.5, 0.6) is 5.75 Å². The van der Waals surface area contributed by atoms with E-state index in [1.807, 2.05) is 6.07 Å². The van der Waals surface area contributed by atoms with Gasteiger partial charge in [-0.15, -0.1) is 0 Å². The Bertz CT molecular complexity index is 716. The number of hydrogen-bond acceptors (Lipinski definition) is 1. The van der Waals surface area contributed by atoms with Gasteiger partial charge in [-0.1, -0.05) is 61.9 Å². The van der Waals surface area contributed by atoms with Gasteiger partial charge in [0, 0.05) is 0 Å². The van der Waals surface area contributed by atoms with E-state index in [2.05, 4.69) is 67.6 Å². The molecular formula is C20H20O. The van der Waals surface area contributed by atoms with Crippen LogP contribution in [0.4, 0.5) is 0 Å². The summed E-state index contributed by atoms with van der Waals surface area (Å²) in [4.78, 5) is 0. The highest BCUT2D eigenvalue weighted by Crippen LogP contribution is 2.27. The van der Waals surface area contributed by atoms with Gasteiger partial charge in [0.15, 0.2) is 0 Å². The average molecular weight is 276 g/mol. The van der Waals surface area contributed by atoms with Gasteiger partial charge in [-0.2, -0.15) is 0 Å². The zero-order chi connectivity index (χ0) is 14.5. The van der Waals surface area contributed by atoms with Crippen LogP contribution in [0.3, 0.4) is 0 Å². The molecule has 106 valence electrons. The number of benzene rings is 3. The molecule has 0 spiro atoms. The Balaban J connectivity index is 1.88. The molecule has 0 aliphatic heterocycles. The molecule has 0 fully saturated rings. The smallest absolute Gasteiger partial charge is 0.119 e. The van der Waals surface area contributed by atoms with Crippen molar-refractivity contribution >= 4 is 10.8 Å². The summed E-state index contributed by atoms with van der Waals surface area (Å²) in [6, 6.07) is 23.4. The highest BCUT2D eigenvalue weighted by atomic mass is 16.5. The summed E-state index contributed by atoms with van der Waals surface area (Å²) in [6.07, 6.45) is 2.26. The van der Waals surface area contributed by atoms with E-state index in [1.165, 1.54) is 21.9 Å². The Morgan fingerprint density at radius 2 is 1.52 bits per heavy atom. The van der Waals surface area contributed by atoms with Gasteiger partial charge in [0.1, 0.15) is 5.75 Å². The Labute approximate surface area is 126 Å². The fraction of sp³-hybridized carbons (Fsp3) is 0.200. The standard InChI is InChI=1S/C20H20O/c1-2-3-13-21-20-12-11-18-14-17(9-10-19(18)15-20)16-7-5-4-6-8-16/h4-12,14-15H,2-3,13H2,1H3. The number of rotatable bonds is 5. The maximum Gasteiger partial charge on any atom is 0.119 e. The Hall–Kier alpha value is -2.28. The molecule has 0 N–H and O–H groups in total. The first-order valence-electron chi connectivity index (χ1n) is 7.59. The molecule has 0 radical (unpaired) electrons. The van der Waals surface area contributed by atoms with Crippen molar-refractivity contribution in [2.45, 2.75) is 19.8 Å². The summed E-state index contributed by atoms with van der Waals surface area (Å²) < 4.78 is 5.77. The van der Waals surface area contributed by atoms with Gasteiger partial charge in [0.25, 0.3) is 0 Å². The molecule has 0 aromatic heterocycles. The molecule has 21 heavy (non-hydrogen) atoms. The zero-order valence-electron chi connectivity index (χ0n) is 12.4. The highest BCUT2D eigenvalue weighted by molar-refractivity contribution is 5.88. The van der Waals surface area contributed by atoms with Crippen LogP contribution in [-0.2, 0) is 0 Å². The molecule has 1 nitrogen and oxygen atoms in total. The lowest BCUT2D eigenvalue weighted by atomic mass is 10.0. The summed E-state index contributed by atoms with van der Waals surface area (Å²) in [5.74, 6) is 0.961. The first-order valence-corrected chi connectivity index (χ1v) is 7.59. The molecule has 0 saturated carbocycles. The SMILES string of the molecule is CCCCOc1ccc2cc(-c3ccccc3)ccc2c1. The zero-order valence-corrected chi connectivity index (χ0v) is 12.4. The molecular weight excluding hydrogens is 256 g/mol. The van der Waals surface area contributed by atoms with Crippen molar-refractivity contribution in [1.29, 1.82) is 0 Å². The minimum absolute atomic E-state index is 0.796. The maximum absolute atomic E-state index is 5.77. The highest BCUT2D eigenvalue weighted by Gasteiger charge is 2.01. The van der Waals surface area contributed by atoms with Gasteiger partial charge in [-0.05, 0) is 46.5 Å². The summed E-state index contributed by atoms with van der Waals surface area (Å²) in [6.45, 7) is 2.97. The van der Waals surface area contributed by atoms with Crippen LogP contribution >= 0.6 is 0 Å². The third-order valence-corrected chi connectivity index (χ3v) is 3.69. The maximum atomic E-state index is 5.77. The van der Waals surface area contributed by atoms with Crippen LogP contribution in [0.1, 0.15) is 19.8 Å². The molecule has 3 aromatic carbocycles. The molecule has 0 amide bonds. The predicted molar refractivity (Wildman–Crippen MR) is 89.8 cm³/mol. The average Bonchev–Trinajstić information content (AvgIpc) is 2.55. The fourth-order valence-corrected chi connectivity index (χ4v) is 2.46.